The summed E-state index contributed by atoms with van der Waals surface area (Å²) in [4.78, 5) is 27.1. The van der Waals surface area contributed by atoms with Gasteiger partial charge in [0.2, 0.25) is 0 Å². The highest BCUT2D eigenvalue weighted by atomic mass is 16.6. The molecule has 0 aliphatic heterocycles. The Balaban J connectivity index is 2.68. The number of aryl methyl sites for hydroxylation is 1. The first-order valence-electron chi connectivity index (χ1n) is 6.12. The number of esters is 1. The third kappa shape index (κ3) is 4.61. The van der Waals surface area contributed by atoms with Gasteiger partial charge in [0.05, 0.1) is 25.7 Å². The molecule has 0 radical (unpaired) electrons. The van der Waals surface area contributed by atoms with Gasteiger partial charge in [-0.3, -0.25) is 0 Å². The van der Waals surface area contributed by atoms with E-state index in [1.54, 1.807) is 13.3 Å². The molecular formula is C12H19N3O4. The second kappa shape index (κ2) is 7.40. The van der Waals surface area contributed by atoms with Crippen molar-refractivity contribution in [2.75, 3.05) is 13.7 Å². The zero-order valence-corrected chi connectivity index (χ0v) is 11.4. The molecule has 1 rings (SSSR count). The number of alkyl carbamates (subject to hydrolysis) is 1. The molecule has 7 heteroatoms. The highest BCUT2D eigenvalue weighted by Gasteiger charge is 2.23. The van der Waals surface area contributed by atoms with Crippen molar-refractivity contribution in [3.63, 3.8) is 0 Å². The Morgan fingerprint density at radius 2 is 2.21 bits per heavy atom. The van der Waals surface area contributed by atoms with Gasteiger partial charge in [-0.2, -0.15) is 0 Å². The van der Waals surface area contributed by atoms with E-state index in [4.69, 9.17) is 4.74 Å². The Labute approximate surface area is 111 Å². The van der Waals surface area contributed by atoms with Crippen LogP contribution in [-0.2, 0) is 27.2 Å². The standard InChI is InChI=1S/C12H19N3O4/c1-4-15-7-9(13-8-15)6-10(11(16)18-3)14-12(17)19-5-2/h7-8,10H,4-6H2,1-3H3,(H,14,17). The molecule has 0 spiro atoms. The van der Waals surface area contributed by atoms with E-state index in [1.807, 2.05) is 17.7 Å². The van der Waals surface area contributed by atoms with Gasteiger partial charge in [0, 0.05) is 19.2 Å². The van der Waals surface area contributed by atoms with Gasteiger partial charge in [-0.25, -0.2) is 14.6 Å². The second-order valence-electron chi connectivity index (χ2n) is 3.84. The molecule has 1 atom stereocenters. The van der Waals surface area contributed by atoms with E-state index in [9.17, 15) is 9.59 Å². The number of nitrogens with one attached hydrogen (secondary N) is 1. The fraction of sp³-hybridized carbons (Fsp3) is 0.583. The molecule has 0 saturated heterocycles. The predicted octanol–water partition coefficient (Wildman–Crippen LogP) is 0.733. The average Bonchev–Trinajstić information content (AvgIpc) is 2.85. The SMILES string of the molecule is CCOC(=O)NC(Cc1cn(CC)cn1)C(=O)OC. The van der Waals surface area contributed by atoms with Crippen LogP contribution in [0.2, 0.25) is 0 Å². The van der Waals surface area contributed by atoms with Crippen molar-refractivity contribution in [1.82, 2.24) is 14.9 Å². The molecular weight excluding hydrogens is 250 g/mol. The number of hydrogen-bond donors (Lipinski definition) is 1. The molecule has 0 saturated carbocycles. The van der Waals surface area contributed by atoms with Crippen molar-refractivity contribution in [3.8, 4) is 0 Å². The Morgan fingerprint density at radius 1 is 1.47 bits per heavy atom. The van der Waals surface area contributed by atoms with E-state index < -0.39 is 18.1 Å². The summed E-state index contributed by atoms with van der Waals surface area (Å²) in [5, 5.41) is 2.46. The molecule has 0 aliphatic carbocycles. The lowest BCUT2D eigenvalue weighted by Crippen LogP contribution is -2.43. The lowest BCUT2D eigenvalue weighted by atomic mass is 10.1. The maximum absolute atomic E-state index is 11.6. The van der Waals surface area contributed by atoms with Gasteiger partial charge < -0.3 is 19.4 Å². The van der Waals surface area contributed by atoms with Crippen LogP contribution in [0.5, 0.6) is 0 Å². The van der Waals surface area contributed by atoms with E-state index in [1.165, 1.54) is 7.11 Å². The van der Waals surface area contributed by atoms with Crippen molar-refractivity contribution >= 4 is 12.1 Å². The molecule has 1 aromatic rings. The molecule has 0 aromatic carbocycles. The summed E-state index contributed by atoms with van der Waals surface area (Å²) < 4.78 is 11.3. The minimum atomic E-state index is -0.802. The molecule has 7 nitrogen and oxygen atoms in total. The van der Waals surface area contributed by atoms with Crippen LogP contribution in [-0.4, -0.2) is 41.4 Å². The van der Waals surface area contributed by atoms with Crippen molar-refractivity contribution in [3.05, 3.63) is 18.2 Å². The van der Waals surface area contributed by atoms with Crippen LogP contribution in [0.3, 0.4) is 0 Å². The molecule has 106 valence electrons. The maximum Gasteiger partial charge on any atom is 0.407 e. The number of hydrogen-bond acceptors (Lipinski definition) is 5. The van der Waals surface area contributed by atoms with Crippen molar-refractivity contribution in [1.29, 1.82) is 0 Å². The van der Waals surface area contributed by atoms with E-state index in [-0.39, 0.29) is 13.0 Å². The average molecular weight is 269 g/mol. The van der Waals surface area contributed by atoms with Gasteiger partial charge >= 0.3 is 12.1 Å². The molecule has 1 amide bonds. The Morgan fingerprint density at radius 3 is 2.74 bits per heavy atom. The van der Waals surface area contributed by atoms with Crippen LogP contribution in [0.25, 0.3) is 0 Å². The summed E-state index contributed by atoms with van der Waals surface area (Å²) in [5.41, 5.74) is 0.703. The van der Waals surface area contributed by atoms with Crippen molar-refractivity contribution in [2.24, 2.45) is 0 Å². The first kappa shape index (κ1) is 15.0. The minimum absolute atomic E-state index is 0.240. The summed E-state index contributed by atoms with van der Waals surface area (Å²) in [5.74, 6) is -0.529. The van der Waals surface area contributed by atoms with Crippen LogP contribution >= 0.6 is 0 Å². The van der Waals surface area contributed by atoms with Gasteiger partial charge in [-0.15, -0.1) is 0 Å². The van der Waals surface area contributed by atoms with Gasteiger partial charge in [0.25, 0.3) is 0 Å². The third-order valence-corrected chi connectivity index (χ3v) is 2.52. The Kier molecular flexibility index (Phi) is 5.84. The van der Waals surface area contributed by atoms with Crippen LogP contribution < -0.4 is 5.32 Å². The van der Waals surface area contributed by atoms with E-state index in [0.717, 1.165) is 6.54 Å². The molecule has 1 N–H and O–H groups in total. The zero-order chi connectivity index (χ0) is 14.3. The predicted molar refractivity (Wildman–Crippen MR) is 67.6 cm³/mol. The summed E-state index contributed by atoms with van der Waals surface area (Å²) in [6, 6.07) is -0.802. The number of nitrogens with zero attached hydrogens (tertiary/aromatic N) is 2. The van der Waals surface area contributed by atoms with Crippen molar-refractivity contribution < 1.29 is 19.1 Å². The number of ether oxygens (including phenoxy) is 2. The van der Waals surface area contributed by atoms with Gasteiger partial charge in [-0.05, 0) is 13.8 Å². The van der Waals surface area contributed by atoms with Gasteiger partial charge in [0.1, 0.15) is 6.04 Å². The first-order chi connectivity index (χ1) is 9.10. The van der Waals surface area contributed by atoms with Crippen LogP contribution in [0.1, 0.15) is 19.5 Å². The van der Waals surface area contributed by atoms with E-state index in [0.29, 0.717) is 5.69 Å². The second-order valence-corrected chi connectivity index (χ2v) is 3.84. The molecule has 1 heterocycles. The maximum atomic E-state index is 11.6. The van der Waals surface area contributed by atoms with Gasteiger partial charge in [-0.1, -0.05) is 0 Å². The van der Waals surface area contributed by atoms with Crippen molar-refractivity contribution in [2.45, 2.75) is 32.9 Å². The Bertz CT molecular complexity index is 430. The lowest BCUT2D eigenvalue weighted by Gasteiger charge is -2.14. The van der Waals surface area contributed by atoms with E-state index in [2.05, 4.69) is 15.0 Å². The number of amides is 1. The molecule has 0 aliphatic rings. The molecule has 1 unspecified atom stereocenters. The number of rotatable bonds is 6. The monoisotopic (exact) mass is 269 g/mol. The van der Waals surface area contributed by atoms with Gasteiger partial charge in [0.15, 0.2) is 0 Å². The highest BCUT2D eigenvalue weighted by Crippen LogP contribution is 2.03. The quantitative estimate of drug-likeness (QED) is 0.770. The molecule has 1 aromatic heterocycles. The Hall–Kier alpha value is -2.05. The number of carbonyl (C=O) groups excluding carboxylic acids is 2. The number of methoxy groups -OCH3 is 1. The number of carbonyl (C=O) groups is 2. The normalized spacial score (nSPS) is 11.7. The molecule has 19 heavy (non-hydrogen) atoms. The molecule has 0 bridgehead atoms. The number of imidazole rings is 1. The lowest BCUT2D eigenvalue weighted by molar-refractivity contribution is -0.143. The largest absolute Gasteiger partial charge is 0.467 e. The minimum Gasteiger partial charge on any atom is -0.467 e. The topological polar surface area (TPSA) is 82.5 Å². The van der Waals surface area contributed by atoms with E-state index >= 15 is 0 Å². The summed E-state index contributed by atoms with van der Waals surface area (Å²) in [6.45, 7) is 4.71. The fourth-order valence-corrected chi connectivity index (χ4v) is 1.54. The van der Waals surface area contributed by atoms with Crippen LogP contribution in [0, 0.1) is 0 Å². The first-order valence-corrected chi connectivity index (χ1v) is 6.12. The number of aromatic nitrogens is 2. The summed E-state index contributed by atoms with van der Waals surface area (Å²) in [7, 11) is 1.27. The van der Waals surface area contributed by atoms with Crippen LogP contribution in [0.4, 0.5) is 4.79 Å². The summed E-state index contributed by atoms with van der Waals surface area (Å²) in [6.07, 6.45) is 3.11. The fourth-order valence-electron chi connectivity index (χ4n) is 1.54. The summed E-state index contributed by atoms with van der Waals surface area (Å²) >= 11 is 0. The highest BCUT2D eigenvalue weighted by molar-refractivity contribution is 5.81. The third-order valence-electron chi connectivity index (χ3n) is 2.52. The molecule has 0 fully saturated rings. The zero-order valence-electron chi connectivity index (χ0n) is 11.4. The van der Waals surface area contributed by atoms with Crippen LogP contribution in [0.15, 0.2) is 12.5 Å². The smallest absolute Gasteiger partial charge is 0.407 e.